The molecule has 1 saturated heterocycles. The summed E-state index contributed by atoms with van der Waals surface area (Å²) >= 11 is 0. The van der Waals surface area contributed by atoms with E-state index in [1.807, 2.05) is 28.8 Å². The third kappa shape index (κ3) is 3.31. The van der Waals surface area contributed by atoms with Crippen LogP contribution in [0.5, 0.6) is 0 Å². The van der Waals surface area contributed by atoms with Crippen LogP contribution in [0.2, 0.25) is 0 Å². The Morgan fingerprint density at radius 3 is 2.84 bits per heavy atom. The molecule has 0 radical (unpaired) electrons. The van der Waals surface area contributed by atoms with Crippen LogP contribution in [0, 0.1) is 5.92 Å². The second kappa shape index (κ2) is 6.88. The molecule has 7 nitrogen and oxygen atoms in total. The Bertz CT molecular complexity index is 854. The molecular weight excluding hydrogens is 316 g/mol. The van der Waals surface area contributed by atoms with Crippen molar-refractivity contribution in [2.75, 3.05) is 18.0 Å². The van der Waals surface area contributed by atoms with Crippen LogP contribution in [0.4, 0.5) is 5.82 Å². The molecule has 1 fully saturated rings. The van der Waals surface area contributed by atoms with Crippen molar-refractivity contribution in [3.05, 3.63) is 54.6 Å². The minimum atomic E-state index is 0.0582. The van der Waals surface area contributed by atoms with Crippen molar-refractivity contribution in [3.8, 4) is 0 Å². The summed E-state index contributed by atoms with van der Waals surface area (Å²) in [6.07, 6.45) is 8.75. The first-order valence-electron chi connectivity index (χ1n) is 8.51. The van der Waals surface area contributed by atoms with E-state index in [-0.39, 0.29) is 11.8 Å². The Balaban J connectivity index is 1.35. The van der Waals surface area contributed by atoms with Crippen molar-refractivity contribution >= 4 is 17.4 Å². The molecule has 0 saturated carbocycles. The van der Waals surface area contributed by atoms with E-state index in [9.17, 15) is 4.79 Å². The lowest BCUT2D eigenvalue weighted by molar-refractivity contribution is -0.125. The molecule has 128 valence electrons. The van der Waals surface area contributed by atoms with E-state index in [2.05, 4.69) is 25.3 Å². The average Bonchev–Trinajstić information content (AvgIpc) is 3.16. The number of pyridine rings is 1. The summed E-state index contributed by atoms with van der Waals surface area (Å²) in [6, 6.07) is 7.71. The van der Waals surface area contributed by atoms with Gasteiger partial charge in [-0.05, 0) is 30.5 Å². The predicted molar refractivity (Wildman–Crippen MR) is 94.0 cm³/mol. The maximum Gasteiger partial charge on any atom is 0.223 e. The number of aromatic nitrogens is 4. The summed E-state index contributed by atoms with van der Waals surface area (Å²) in [5, 5.41) is 7.36. The number of carbonyl (C=O) groups is 1. The van der Waals surface area contributed by atoms with Gasteiger partial charge in [-0.1, -0.05) is 6.07 Å². The van der Waals surface area contributed by atoms with Gasteiger partial charge in [0.15, 0.2) is 5.65 Å². The Morgan fingerprint density at radius 1 is 1.16 bits per heavy atom. The summed E-state index contributed by atoms with van der Waals surface area (Å²) in [5.41, 5.74) is 1.86. The molecular formula is C18H20N6O. The second-order valence-electron chi connectivity index (χ2n) is 6.24. The van der Waals surface area contributed by atoms with Crippen LogP contribution in [0.15, 0.2) is 49.1 Å². The third-order valence-electron chi connectivity index (χ3n) is 4.65. The third-order valence-corrected chi connectivity index (χ3v) is 4.65. The normalized spacial score (nSPS) is 15.4. The fourth-order valence-electron chi connectivity index (χ4n) is 3.27. The van der Waals surface area contributed by atoms with E-state index in [1.54, 1.807) is 24.8 Å². The maximum atomic E-state index is 12.4. The molecule has 0 atom stereocenters. The Morgan fingerprint density at radius 2 is 2.04 bits per heavy atom. The number of carbonyl (C=O) groups excluding carboxylic acids is 1. The summed E-state index contributed by atoms with van der Waals surface area (Å²) in [4.78, 5) is 23.0. The van der Waals surface area contributed by atoms with Crippen LogP contribution in [-0.2, 0) is 11.3 Å². The van der Waals surface area contributed by atoms with Crippen molar-refractivity contribution in [1.29, 1.82) is 0 Å². The number of amides is 1. The topological polar surface area (TPSA) is 75.4 Å². The van der Waals surface area contributed by atoms with Gasteiger partial charge in [0, 0.05) is 50.2 Å². The quantitative estimate of drug-likeness (QED) is 0.784. The number of nitrogens with one attached hydrogen (secondary N) is 1. The van der Waals surface area contributed by atoms with Crippen molar-refractivity contribution < 1.29 is 4.79 Å². The van der Waals surface area contributed by atoms with E-state index >= 15 is 0 Å². The van der Waals surface area contributed by atoms with Crippen LogP contribution < -0.4 is 10.2 Å². The van der Waals surface area contributed by atoms with Gasteiger partial charge in [0.2, 0.25) is 5.91 Å². The lowest BCUT2D eigenvalue weighted by Gasteiger charge is -2.32. The molecule has 0 aromatic carbocycles. The molecule has 0 spiro atoms. The average molecular weight is 336 g/mol. The highest BCUT2D eigenvalue weighted by atomic mass is 16.1. The van der Waals surface area contributed by atoms with Crippen molar-refractivity contribution in [3.63, 3.8) is 0 Å². The van der Waals surface area contributed by atoms with Crippen molar-refractivity contribution in [2.24, 2.45) is 5.92 Å². The predicted octanol–water partition coefficient (Wildman–Crippen LogP) is 1.66. The van der Waals surface area contributed by atoms with Gasteiger partial charge in [0.1, 0.15) is 5.82 Å². The molecule has 25 heavy (non-hydrogen) atoms. The lowest BCUT2D eigenvalue weighted by Crippen LogP contribution is -2.41. The largest absolute Gasteiger partial charge is 0.356 e. The van der Waals surface area contributed by atoms with E-state index in [4.69, 9.17) is 0 Å². The van der Waals surface area contributed by atoms with Gasteiger partial charge in [-0.25, -0.2) is 4.98 Å². The van der Waals surface area contributed by atoms with Crippen molar-refractivity contribution in [1.82, 2.24) is 24.9 Å². The van der Waals surface area contributed by atoms with E-state index in [1.165, 1.54) is 0 Å². The number of nitrogens with zero attached hydrogens (tertiary/aromatic N) is 5. The summed E-state index contributed by atoms with van der Waals surface area (Å²) in [5.74, 6) is 1.22. The molecule has 1 aliphatic rings. The first-order valence-corrected chi connectivity index (χ1v) is 8.51. The molecule has 4 heterocycles. The van der Waals surface area contributed by atoms with Gasteiger partial charge in [-0.3, -0.25) is 9.78 Å². The first kappa shape index (κ1) is 15.6. The molecule has 3 aromatic heterocycles. The Hall–Kier alpha value is -2.96. The fourth-order valence-corrected chi connectivity index (χ4v) is 3.27. The minimum Gasteiger partial charge on any atom is -0.356 e. The van der Waals surface area contributed by atoms with Gasteiger partial charge in [0.05, 0.1) is 6.20 Å². The highest BCUT2D eigenvalue weighted by Gasteiger charge is 2.26. The van der Waals surface area contributed by atoms with Gasteiger partial charge in [-0.2, -0.15) is 9.61 Å². The zero-order valence-corrected chi connectivity index (χ0v) is 13.9. The zero-order valence-electron chi connectivity index (χ0n) is 13.9. The first-order chi connectivity index (χ1) is 12.3. The smallest absolute Gasteiger partial charge is 0.223 e. The molecule has 1 aliphatic heterocycles. The number of rotatable bonds is 4. The molecule has 0 bridgehead atoms. The molecule has 4 rings (SSSR count). The monoisotopic (exact) mass is 336 g/mol. The van der Waals surface area contributed by atoms with E-state index < -0.39 is 0 Å². The van der Waals surface area contributed by atoms with Gasteiger partial charge in [0.25, 0.3) is 0 Å². The second-order valence-corrected chi connectivity index (χ2v) is 6.24. The van der Waals surface area contributed by atoms with Gasteiger partial charge >= 0.3 is 0 Å². The number of anilines is 1. The highest BCUT2D eigenvalue weighted by Crippen LogP contribution is 2.23. The lowest BCUT2D eigenvalue weighted by atomic mass is 9.96. The fraction of sp³-hybridized carbons (Fsp3) is 0.333. The van der Waals surface area contributed by atoms with Gasteiger partial charge in [-0.15, -0.1) is 0 Å². The SMILES string of the molecule is O=C(NCc1cccnc1)C1CCN(c2ccnc3ccnn23)CC1. The number of hydrogen-bond donors (Lipinski definition) is 1. The summed E-state index contributed by atoms with van der Waals surface area (Å²) in [7, 11) is 0. The van der Waals surface area contributed by atoms with Crippen LogP contribution in [0.25, 0.3) is 5.65 Å². The van der Waals surface area contributed by atoms with Crippen LogP contribution >= 0.6 is 0 Å². The number of fused-ring (bicyclic) bond motifs is 1. The summed E-state index contributed by atoms with van der Waals surface area (Å²) in [6.45, 7) is 2.21. The van der Waals surface area contributed by atoms with E-state index in [0.29, 0.717) is 6.54 Å². The molecule has 0 unspecified atom stereocenters. The van der Waals surface area contributed by atoms with Crippen LogP contribution in [-0.4, -0.2) is 38.6 Å². The van der Waals surface area contributed by atoms with E-state index in [0.717, 1.165) is 43.0 Å². The highest BCUT2D eigenvalue weighted by molar-refractivity contribution is 5.79. The zero-order chi connectivity index (χ0) is 17.1. The Labute approximate surface area is 145 Å². The molecule has 1 N–H and O–H groups in total. The molecule has 1 amide bonds. The van der Waals surface area contributed by atoms with Gasteiger partial charge < -0.3 is 10.2 Å². The van der Waals surface area contributed by atoms with Crippen LogP contribution in [0.1, 0.15) is 18.4 Å². The van der Waals surface area contributed by atoms with Crippen molar-refractivity contribution in [2.45, 2.75) is 19.4 Å². The van der Waals surface area contributed by atoms with Crippen LogP contribution in [0.3, 0.4) is 0 Å². The maximum absolute atomic E-state index is 12.4. The molecule has 3 aromatic rings. The standard InChI is InChI=1S/C18H20N6O/c25-18(21-13-14-2-1-7-19-12-14)15-5-10-23(11-6-15)17-4-8-20-16-3-9-22-24(16)17/h1-4,7-9,12,15H,5-6,10-11,13H2,(H,21,25). The minimum absolute atomic E-state index is 0.0582. The molecule has 7 heteroatoms. The summed E-state index contributed by atoms with van der Waals surface area (Å²) < 4.78 is 1.85. The number of piperidine rings is 1. The Kier molecular flexibility index (Phi) is 4.28. The molecule has 0 aliphatic carbocycles. The number of hydrogen-bond acceptors (Lipinski definition) is 5.